The Morgan fingerprint density at radius 1 is 1.13 bits per heavy atom. The van der Waals surface area contributed by atoms with Crippen molar-refractivity contribution in [2.75, 3.05) is 18.1 Å². The Balaban J connectivity index is 1.85. The lowest BCUT2D eigenvalue weighted by atomic mass is 9.95. The number of rotatable bonds is 9. The average Bonchev–Trinajstić information content (AvgIpc) is 3.41. The zero-order chi connectivity index (χ0) is 27.4. The Morgan fingerprint density at radius 2 is 1.89 bits per heavy atom. The summed E-state index contributed by atoms with van der Waals surface area (Å²) in [7, 11) is 0. The van der Waals surface area contributed by atoms with Crippen molar-refractivity contribution in [3.63, 3.8) is 0 Å². The third kappa shape index (κ3) is 5.26. The highest BCUT2D eigenvalue weighted by Crippen LogP contribution is 2.44. The lowest BCUT2D eigenvalue weighted by Crippen LogP contribution is -2.29. The van der Waals surface area contributed by atoms with E-state index < -0.39 is 23.7 Å². The molecule has 1 amide bonds. The Morgan fingerprint density at radius 3 is 2.61 bits per heavy atom. The molecule has 1 fully saturated rings. The van der Waals surface area contributed by atoms with Gasteiger partial charge in [0.1, 0.15) is 22.1 Å². The summed E-state index contributed by atoms with van der Waals surface area (Å²) in [5.74, 6) is -2.38. The molecule has 1 atom stereocenters. The number of hydrogen-bond acceptors (Lipinski definition) is 9. The second-order valence-electron chi connectivity index (χ2n) is 8.63. The molecule has 0 aliphatic carbocycles. The maximum atomic E-state index is 13.4. The highest BCUT2D eigenvalue weighted by atomic mass is 32.1. The van der Waals surface area contributed by atoms with Gasteiger partial charge in [0, 0.05) is 5.56 Å². The molecule has 0 radical (unpaired) electrons. The Hall–Kier alpha value is -4.18. The Labute approximate surface area is 224 Å². The number of ether oxygens (including phenoxy) is 2. The molecule has 1 aliphatic heterocycles. The van der Waals surface area contributed by atoms with Crippen LogP contribution in [0.15, 0.2) is 54.1 Å². The van der Waals surface area contributed by atoms with E-state index >= 15 is 0 Å². The van der Waals surface area contributed by atoms with E-state index in [0.717, 1.165) is 29.1 Å². The van der Waals surface area contributed by atoms with Crippen molar-refractivity contribution in [1.82, 2.24) is 4.98 Å². The molecule has 198 valence electrons. The van der Waals surface area contributed by atoms with E-state index in [2.05, 4.69) is 4.98 Å². The van der Waals surface area contributed by atoms with Gasteiger partial charge < -0.3 is 19.7 Å². The maximum Gasteiger partial charge on any atom is 0.350 e. The minimum absolute atomic E-state index is 0.0815. The van der Waals surface area contributed by atoms with Gasteiger partial charge in [-0.2, -0.15) is 0 Å². The molecule has 1 unspecified atom stereocenters. The van der Waals surface area contributed by atoms with Crippen LogP contribution in [0.2, 0.25) is 0 Å². The molecular weight excluding hydrogens is 508 g/mol. The molecular formula is C28H28N2O7S. The van der Waals surface area contributed by atoms with E-state index in [9.17, 15) is 24.6 Å². The molecule has 2 aromatic carbocycles. The van der Waals surface area contributed by atoms with Gasteiger partial charge in [0.2, 0.25) is 0 Å². The van der Waals surface area contributed by atoms with Crippen molar-refractivity contribution in [1.29, 1.82) is 0 Å². The van der Waals surface area contributed by atoms with Crippen molar-refractivity contribution in [2.45, 2.75) is 39.7 Å². The number of esters is 1. The number of amides is 1. The second-order valence-corrected chi connectivity index (χ2v) is 9.60. The topological polar surface area (TPSA) is 126 Å². The number of Topliss-reactive ketones (excluding diaryl/α,β-unsaturated/α-hetero) is 1. The third-order valence-electron chi connectivity index (χ3n) is 5.96. The molecule has 9 nitrogen and oxygen atoms in total. The van der Waals surface area contributed by atoms with E-state index in [0.29, 0.717) is 29.2 Å². The van der Waals surface area contributed by atoms with Gasteiger partial charge in [-0.05, 0) is 50.1 Å². The first-order chi connectivity index (χ1) is 18.3. The monoisotopic (exact) mass is 536 g/mol. The van der Waals surface area contributed by atoms with Crippen molar-refractivity contribution < 1.29 is 34.1 Å². The summed E-state index contributed by atoms with van der Waals surface area (Å²) in [6, 6.07) is 11.6. The summed E-state index contributed by atoms with van der Waals surface area (Å²) in [5, 5.41) is 21.6. The lowest BCUT2D eigenvalue weighted by molar-refractivity contribution is -0.132. The van der Waals surface area contributed by atoms with Gasteiger partial charge in [-0.1, -0.05) is 48.9 Å². The SMILES string of the molecule is CCCCOc1cccc(/C(O)=C2\C(=O)C(=O)N(c3nc(C)c(C(=O)OCC)s3)C2c2cccc(O)c2)c1. The van der Waals surface area contributed by atoms with E-state index in [4.69, 9.17) is 9.47 Å². The summed E-state index contributed by atoms with van der Waals surface area (Å²) in [5.41, 5.74) is 0.852. The van der Waals surface area contributed by atoms with E-state index in [1.54, 1.807) is 50.2 Å². The summed E-state index contributed by atoms with van der Waals surface area (Å²) < 4.78 is 10.8. The quantitative estimate of drug-likeness (QED) is 0.127. The van der Waals surface area contributed by atoms with E-state index in [1.807, 2.05) is 6.92 Å². The number of phenolic OH excluding ortho intramolecular Hbond substituents is 1. The molecule has 2 N–H and O–H groups in total. The number of nitrogens with zero attached hydrogens (tertiary/aromatic N) is 2. The van der Waals surface area contributed by atoms with Crippen LogP contribution < -0.4 is 9.64 Å². The van der Waals surface area contributed by atoms with Crippen LogP contribution in [0.1, 0.15) is 59.2 Å². The van der Waals surface area contributed by atoms with Gasteiger partial charge in [0.05, 0.1) is 30.5 Å². The fourth-order valence-corrected chi connectivity index (χ4v) is 5.12. The number of carbonyl (C=O) groups excluding carboxylic acids is 3. The molecule has 1 saturated heterocycles. The number of aromatic nitrogens is 1. The van der Waals surface area contributed by atoms with Gasteiger partial charge >= 0.3 is 11.9 Å². The zero-order valence-electron chi connectivity index (χ0n) is 21.3. The number of unbranched alkanes of at least 4 members (excludes halogenated alkanes) is 1. The summed E-state index contributed by atoms with van der Waals surface area (Å²) in [6.07, 6.45) is 1.82. The molecule has 0 spiro atoms. The number of ketones is 1. The van der Waals surface area contributed by atoms with Crippen LogP contribution in [0.4, 0.5) is 5.13 Å². The van der Waals surface area contributed by atoms with Crippen molar-refractivity contribution in [2.24, 2.45) is 0 Å². The average molecular weight is 537 g/mol. The predicted octanol–water partition coefficient (Wildman–Crippen LogP) is 5.14. The van der Waals surface area contributed by atoms with Crippen LogP contribution in [0.3, 0.4) is 0 Å². The number of aliphatic hydroxyl groups excluding tert-OH is 1. The summed E-state index contributed by atoms with van der Waals surface area (Å²) in [6.45, 7) is 6.00. The maximum absolute atomic E-state index is 13.4. The van der Waals surface area contributed by atoms with Gasteiger partial charge in [-0.25, -0.2) is 9.78 Å². The van der Waals surface area contributed by atoms with E-state index in [-0.39, 0.29) is 33.7 Å². The molecule has 10 heteroatoms. The number of hydrogen-bond donors (Lipinski definition) is 2. The fraction of sp³-hybridized carbons (Fsp3) is 0.286. The number of anilines is 1. The van der Waals surface area contributed by atoms with Crippen LogP contribution in [0.5, 0.6) is 11.5 Å². The largest absolute Gasteiger partial charge is 0.508 e. The lowest BCUT2D eigenvalue weighted by Gasteiger charge is -2.23. The first-order valence-electron chi connectivity index (χ1n) is 12.2. The van der Waals surface area contributed by atoms with Crippen LogP contribution in [0, 0.1) is 6.92 Å². The van der Waals surface area contributed by atoms with E-state index in [1.165, 1.54) is 12.1 Å². The van der Waals surface area contributed by atoms with Crippen molar-refractivity contribution >= 4 is 39.9 Å². The molecule has 3 aromatic rings. The molecule has 38 heavy (non-hydrogen) atoms. The van der Waals surface area contributed by atoms with Gasteiger partial charge in [-0.3, -0.25) is 14.5 Å². The van der Waals surface area contributed by atoms with Crippen LogP contribution in [-0.4, -0.2) is 46.1 Å². The Kier molecular flexibility index (Phi) is 8.11. The smallest absolute Gasteiger partial charge is 0.350 e. The molecule has 0 bridgehead atoms. The predicted molar refractivity (Wildman–Crippen MR) is 143 cm³/mol. The molecule has 2 heterocycles. The number of aliphatic hydroxyl groups is 1. The highest BCUT2D eigenvalue weighted by molar-refractivity contribution is 7.17. The summed E-state index contributed by atoms with van der Waals surface area (Å²) >= 11 is 0.917. The standard InChI is InChI=1S/C28H28N2O7S/c1-4-6-13-37-20-12-8-10-18(15-20)23(32)21-22(17-9-7-11-19(31)14-17)30(26(34)24(21)33)28-29-16(3)25(38-28)27(35)36-5-2/h7-12,14-15,22,31-32H,4-6,13H2,1-3H3/b23-21+. The van der Waals surface area contributed by atoms with Gasteiger partial charge in [-0.15, -0.1) is 0 Å². The van der Waals surface area contributed by atoms with Crippen molar-refractivity contribution in [3.8, 4) is 11.5 Å². The van der Waals surface area contributed by atoms with Gasteiger partial charge in [0.15, 0.2) is 5.13 Å². The highest BCUT2D eigenvalue weighted by Gasteiger charge is 2.48. The minimum atomic E-state index is -1.10. The minimum Gasteiger partial charge on any atom is -0.508 e. The first-order valence-corrected chi connectivity index (χ1v) is 13.1. The zero-order valence-corrected chi connectivity index (χ0v) is 22.1. The number of thiazole rings is 1. The number of aryl methyl sites for hydroxylation is 1. The normalized spacial score (nSPS) is 16.6. The van der Waals surface area contributed by atoms with Crippen LogP contribution in [0.25, 0.3) is 5.76 Å². The number of phenols is 1. The number of carbonyl (C=O) groups is 3. The molecule has 1 aliphatic rings. The van der Waals surface area contributed by atoms with Gasteiger partial charge in [0.25, 0.3) is 5.78 Å². The molecule has 4 rings (SSSR count). The third-order valence-corrected chi connectivity index (χ3v) is 7.09. The first kappa shape index (κ1) is 26.9. The van der Waals surface area contributed by atoms with Crippen molar-refractivity contribution in [3.05, 3.63) is 75.8 Å². The number of benzene rings is 2. The molecule has 1 aromatic heterocycles. The number of aromatic hydroxyl groups is 1. The second kappa shape index (κ2) is 11.5. The fourth-order valence-electron chi connectivity index (χ4n) is 4.13. The molecule has 0 saturated carbocycles. The van der Waals surface area contributed by atoms with Crippen LogP contribution >= 0.6 is 11.3 Å². The van der Waals surface area contributed by atoms with Crippen LogP contribution in [-0.2, 0) is 14.3 Å². The Bertz CT molecular complexity index is 1410. The summed E-state index contributed by atoms with van der Waals surface area (Å²) in [4.78, 5) is 44.9.